The zero-order valence-corrected chi connectivity index (χ0v) is 80.6. The Morgan fingerprint density at radius 1 is 0.213 bits per heavy atom. The number of para-hydroxylation sites is 4. The van der Waals surface area contributed by atoms with Gasteiger partial charge in [-0.1, -0.05) is 291 Å². The maximum atomic E-state index is 10.6. The molecule has 0 heterocycles. The average Bonchev–Trinajstić information content (AvgIpc) is 0.802. The van der Waals surface area contributed by atoms with E-state index in [9.17, 15) is 25.5 Å². The van der Waals surface area contributed by atoms with E-state index in [0.717, 1.165) is 138 Å². The van der Waals surface area contributed by atoms with E-state index in [2.05, 4.69) is 110 Å². The first-order valence-electron chi connectivity index (χ1n) is 36.9. The van der Waals surface area contributed by atoms with Crippen molar-refractivity contribution in [1.29, 1.82) is 0 Å². The monoisotopic (exact) mass is 1980 g/mol. The Labute approximate surface area is 793 Å². The first-order chi connectivity index (χ1) is 59.6. The minimum absolute atomic E-state index is 0.242. The normalized spacial score (nSPS) is 10.5. The van der Waals surface area contributed by atoms with Crippen LogP contribution in [0.25, 0.3) is 75.8 Å². The standard InChI is InChI=1S/C23H17NO.C21H15NO.2C18H15NO.C17H13NO.10ClH.5Ti/c25-23-19(12-6-14-21(23)18-8-2-1-3-9-18)16-24-22-15-7-11-17-10-4-5-13-20(17)22;23-21-13-12-16-7-1-3-9-17(16)19(21)14-22-20-11-5-8-15-6-2-4-10-18(15)20;2*1-13-6-4-9-15(18(13)20)12-19-17-11-5-8-14-7-2-3-10-16(14)17;19-17-11-4-2-7-14(17)12-18-16-10-5-8-13-6-1-3-9-15(13)16;;;;;;;;;;;;;;;/h1-16,25H;1-14,23H;2*2-12,20H,1H3;1-12,19H;10*1H;;;;;/q;;;;;;;;;;;;;;;5*+2/p-10. The summed E-state index contributed by atoms with van der Waals surface area (Å²) in [6.45, 7) is 3.76. The molecule has 0 fully saturated rings. The number of fused-ring (bicyclic) bond motifs is 6. The van der Waals surface area contributed by atoms with Crippen molar-refractivity contribution >= 4 is 217 Å². The molecule has 0 amide bonds. The zero-order valence-electron chi connectivity index (χ0n) is 65.2. The quantitative estimate of drug-likeness (QED) is 0.0642. The van der Waals surface area contributed by atoms with Gasteiger partial charge in [0.15, 0.2) is 0 Å². The van der Waals surface area contributed by atoms with Crippen LogP contribution in [-0.2, 0) is 85.2 Å². The Kier molecular flexibility index (Phi) is 45.8. The minimum atomic E-state index is -0.556. The number of hydrogen-bond donors (Lipinski definition) is 5. The van der Waals surface area contributed by atoms with Gasteiger partial charge in [-0.15, -0.1) is 0 Å². The predicted molar refractivity (Wildman–Crippen MR) is 507 cm³/mol. The van der Waals surface area contributed by atoms with Crippen molar-refractivity contribution in [2.45, 2.75) is 13.8 Å². The van der Waals surface area contributed by atoms with Crippen molar-refractivity contribution in [3.8, 4) is 39.9 Å². The fraction of sp³-hybridized carbons (Fsp3) is 0.0206. The van der Waals surface area contributed by atoms with E-state index in [1.54, 1.807) is 49.3 Å². The second-order valence-corrected chi connectivity index (χ2v) is 38.4. The number of aliphatic imine (C=N–C) groups is 5. The summed E-state index contributed by atoms with van der Waals surface area (Å²) >= 11 is -2.78. The topological polar surface area (TPSA) is 163 Å². The van der Waals surface area contributed by atoms with Gasteiger partial charge in [-0.2, -0.15) is 0 Å². The van der Waals surface area contributed by atoms with Crippen LogP contribution in [0.3, 0.4) is 0 Å². The van der Waals surface area contributed by atoms with E-state index < -0.39 is 85.2 Å². The molecule has 17 aromatic carbocycles. The van der Waals surface area contributed by atoms with Crippen LogP contribution in [0, 0.1) is 13.8 Å². The summed E-state index contributed by atoms with van der Waals surface area (Å²) < 4.78 is 0. The van der Waals surface area contributed by atoms with Gasteiger partial charge >= 0.3 is 178 Å². The molecule has 0 spiro atoms. The van der Waals surface area contributed by atoms with Gasteiger partial charge in [0.25, 0.3) is 0 Å². The molecule has 0 atom stereocenters. The predicted octanol–water partition coefficient (Wildman–Crippen LogP) is 31.8. The fourth-order valence-electron chi connectivity index (χ4n) is 12.4. The molecule has 5 N–H and O–H groups in total. The van der Waals surface area contributed by atoms with E-state index in [1.807, 2.05) is 269 Å². The van der Waals surface area contributed by atoms with Gasteiger partial charge in [-0.05, 0) is 135 Å². The molecule has 17 rings (SSSR count). The molecule has 0 radical (unpaired) electrons. The van der Waals surface area contributed by atoms with Crippen molar-refractivity contribution in [3.05, 3.63) is 397 Å². The number of aromatic hydroxyl groups is 5. The van der Waals surface area contributed by atoms with Gasteiger partial charge in [0.1, 0.15) is 28.7 Å². The molecule has 0 aromatic heterocycles. The molecule has 0 unspecified atom stereocenters. The Bertz CT molecular complexity index is 6150. The number of rotatable bonds is 11. The number of phenolic OH excluding ortho intramolecular Hbond substituents is 5. The molecule has 122 heavy (non-hydrogen) atoms. The summed E-state index contributed by atoms with van der Waals surface area (Å²) in [6, 6.07) is 117. The molecule has 0 bridgehead atoms. The van der Waals surface area contributed by atoms with Crippen LogP contribution in [0.4, 0.5) is 28.4 Å². The molecule has 0 saturated carbocycles. The van der Waals surface area contributed by atoms with E-state index in [-0.39, 0.29) is 28.7 Å². The molecule has 608 valence electrons. The second kappa shape index (κ2) is 56.2. The van der Waals surface area contributed by atoms with E-state index in [1.165, 1.54) is 0 Å². The molecular formula is C97H75Cl10N5O5Ti5. The van der Waals surface area contributed by atoms with E-state index >= 15 is 0 Å². The van der Waals surface area contributed by atoms with Crippen LogP contribution in [0.5, 0.6) is 28.7 Å². The first kappa shape index (κ1) is 99.5. The van der Waals surface area contributed by atoms with Crippen LogP contribution in [-0.4, -0.2) is 56.6 Å². The van der Waals surface area contributed by atoms with Crippen molar-refractivity contribution in [2.75, 3.05) is 0 Å². The van der Waals surface area contributed by atoms with Crippen molar-refractivity contribution in [2.24, 2.45) is 25.0 Å². The number of halogens is 10. The third kappa shape index (κ3) is 31.1. The molecular weight excluding hydrogens is 1910 g/mol. The number of hydrogen-bond acceptors (Lipinski definition) is 10. The number of aryl methyl sites for hydroxylation is 2. The number of benzene rings is 17. The second-order valence-electron chi connectivity index (χ2n) is 25.6. The van der Waals surface area contributed by atoms with Crippen LogP contribution in [0.15, 0.2) is 383 Å². The molecule has 0 aliphatic heterocycles. The van der Waals surface area contributed by atoms with E-state index in [0.29, 0.717) is 5.56 Å². The summed E-state index contributed by atoms with van der Waals surface area (Å²) in [4.78, 5) is 22.8. The van der Waals surface area contributed by atoms with Crippen molar-refractivity contribution in [1.82, 2.24) is 0 Å². The number of phenols is 5. The zero-order chi connectivity index (χ0) is 87.2. The molecule has 0 saturated heterocycles. The van der Waals surface area contributed by atoms with Crippen LogP contribution in [0.1, 0.15) is 38.9 Å². The Morgan fingerprint density at radius 2 is 0.459 bits per heavy atom. The SMILES string of the molecule is Cc1cccc(C=Nc2cccc3ccccc23)c1O.Cc1cccc(C=Nc2cccc3ccccc23)c1O.Oc1c(C=Nc2cccc3ccccc23)cccc1-c1ccccc1.Oc1ccc2ccccc2c1C=Nc1cccc2ccccc12.Oc1ccccc1C=Nc1cccc2ccccc12.[Cl][Ti][Cl].[Cl][Ti][Cl].[Cl][Ti][Cl].[Cl][Ti][Cl].[Cl][Ti][Cl]. The molecule has 0 aliphatic carbocycles. The summed E-state index contributed by atoms with van der Waals surface area (Å²) in [6.07, 6.45) is 8.59. The van der Waals surface area contributed by atoms with Gasteiger partial charge in [0.2, 0.25) is 0 Å². The Hall–Kier alpha value is -7.88. The summed E-state index contributed by atoms with van der Waals surface area (Å²) in [5.41, 5.74) is 11.6. The fourth-order valence-corrected chi connectivity index (χ4v) is 12.4. The molecule has 25 heteroatoms. The number of nitrogens with zero attached hydrogens (tertiary/aromatic N) is 5. The molecule has 10 nitrogen and oxygen atoms in total. The summed E-state index contributed by atoms with van der Waals surface area (Å²) in [5.74, 6) is 1.31. The average molecular weight is 1980 g/mol. The van der Waals surface area contributed by atoms with Crippen LogP contribution < -0.4 is 0 Å². The van der Waals surface area contributed by atoms with Crippen LogP contribution >= 0.6 is 93.0 Å². The molecule has 17 aromatic rings. The maximum absolute atomic E-state index is 10.6. The van der Waals surface area contributed by atoms with Gasteiger partial charge in [0.05, 0.1) is 28.4 Å². The van der Waals surface area contributed by atoms with Gasteiger partial charge < -0.3 is 25.5 Å². The Balaban J connectivity index is 0.000000182. The molecule has 0 aliphatic rings. The van der Waals surface area contributed by atoms with Gasteiger partial charge in [0, 0.05) is 91.4 Å². The Morgan fingerprint density at radius 3 is 0.803 bits per heavy atom. The summed E-state index contributed by atoms with van der Waals surface area (Å²) in [5, 5.41) is 64.0. The summed E-state index contributed by atoms with van der Waals surface area (Å²) in [7, 11) is 48.9. The van der Waals surface area contributed by atoms with Crippen molar-refractivity contribution < 1.29 is 111 Å². The van der Waals surface area contributed by atoms with Gasteiger partial charge in [-0.3, -0.25) is 25.0 Å². The third-order valence-corrected chi connectivity index (χ3v) is 18.1. The van der Waals surface area contributed by atoms with E-state index in [4.69, 9.17) is 93.0 Å². The third-order valence-electron chi connectivity index (χ3n) is 18.1. The van der Waals surface area contributed by atoms with Crippen LogP contribution in [0.2, 0.25) is 0 Å². The van der Waals surface area contributed by atoms with Gasteiger partial charge in [-0.25, -0.2) is 0 Å². The van der Waals surface area contributed by atoms with Crippen molar-refractivity contribution in [3.63, 3.8) is 0 Å². The first-order valence-corrected chi connectivity index (χ1v) is 58.4.